The van der Waals surface area contributed by atoms with Gasteiger partial charge in [-0.1, -0.05) is 12.1 Å². The maximum atomic E-state index is 13.1. The van der Waals surface area contributed by atoms with Crippen molar-refractivity contribution in [1.82, 2.24) is 9.55 Å². The van der Waals surface area contributed by atoms with Gasteiger partial charge in [-0.3, -0.25) is 9.36 Å². The molecule has 0 spiro atoms. The zero-order chi connectivity index (χ0) is 19.6. The molecule has 3 rings (SSSR count). The van der Waals surface area contributed by atoms with E-state index >= 15 is 0 Å². The summed E-state index contributed by atoms with van der Waals surface area (Å²) >= 11 is 1.03. The first kappa shape index (κ1) is 19.1. The third-order valence-corrected chi connectivity index (χ3v) is 5.54. The number of methoxy groups -OCH3 is 2. The van der Waals surface area contributed by atoms with Crippen LogP contribution in [0.5, 0.6) is 5.75 Å². The molecule has 3 aromatic rings. The Morgan fingerprint density at radius 1 is 1.26 bits per heavy atom. The van der Waals surface area contributed by atoms with Crippen LogP contribution in [0.2, 0.25) is 0 Å². The van der Waals surface area contributed by atoms with Crippen LogP contribution in [-0.2, 0) is 17.7 Å². The van der Waals surface area contributed by atoms with Crippen LogP contribution >= 0.6 is 11.3 Å². The fourth-order valence-corrected chi connectivity index (χ4v) is 3.97. The Bertz CT molecular complexity index is 1040. The van der Waals surface area contributed by atoms with Gasteiger partial charge in [-0.05, 0) is 30.2 Å². The SMILES string of the molecule is COCCn1c(Cc2ccc(OC)cc2)nc2sc(C(=O)O)c(C)c2c1=O. The van der Waals surface area contributed by atoms with Crippen molar-refractivity contribution < 1.29 is 19.4 Å². The average molecular weight is 388 g/mol. The minimum Gasteiger partial charge on any atom is -0.497 e. The lowest BCUT2D eigenvalue weighted by molar-refractivity contribution is 0.0701. The predicted octanol–water partition coefficient (Wildman–Crippen LogP) is 2.71. The summed E-state index contributed by atoms with van der Waals surface area (Å²) in [5.74, 6) is 0.280. The summed E-state index contributed by atoms with van der Waals surface area (Å²) in [6.45, 7) is 2.36. The zero-order valence-electron chi connectivity index (χ0n) is 15.3. The molecule has 0 fully saturated rings. The van der Waals surface area contributed by atoms with Crippen LogP contribution in [0.25, 0.3) is 10.2 Å². The van der Waals surface area contributed by atoms with E-state index in [1.165, 1.54) is 0 Å². The molecular formula is C19H20N2O5S. The van der Waals surface area contributed by atoms with E-state index < -0.39 is 5.97 Å². The molecule has 0 unspecified atom stereocenters. The number of ether oxygens (including phenoxy) is 2. The van der Waals surface area contributed by atoms with Crippen LogP contribution in [0, 0.1) is 6.92 Å². The highest BCUT2D eigenvalue weighted by molar-refractivity contribution is 7.20. The van der Waals surface area contributed by atoms with Crippen molar-refractivity contribution >= 4 is 27.5 Å². The van der Waals surface area contributed by atoms with Crippen molar-refractivity contribution in [1.29, 1.82) is 0 Å². The van der Waals surface area contributed by atoms with Crippen molar-refractivity contribution in [3.8, 4) is 5.75 Å². The standard InChI is InChI=1S/C19H20N2O5S/c1-11-15-17(27-16(11)19(23)24)20-14(21(18(15)22)8-9-25-2)10-12-4-6-13(26-3)7-5-12/h4-7H,8-10H2,1-3H3,(H,23,24). The van der Waals surface area contributed by atoms with Gasteiger partial charge in [0.25, 0.3) is 5.56 Å². The molecule has 0 amide bonds. The van der Waals surface area contributed by atoms with E-state index in [2.05, 4.69) is 4.98 Å². The van der Waals surface area contributed by atoms with Crippen molar-refractivity contribution in [2.24, 2.45) is 0 Å². The number of aryl methyl sites for hydroxylation is 1. The van der Waals surface area contributed by atoms with Gasteiger partial charge in [0.1, 0.15) is 21.3 Å². The number of carboxylic acid groups (broad SMARTS) is 1. The number of fused-ring (bicyclic) bond motifs is 1. The molecular weight excluding hydrogens is 368 g/mol. The molecule has 0 atom stereocenters. The molecule has 0 saturated heterocycles. The average Bonchev–Trinajstić information content (AvgIpc) is 2.99. The summed E-state index contributed by atoms with van der Waals surface area (Å²) in [4.78, 5) is 29.7. The van der Waals surface area contributed by atoms with E-state index in [0.717, 1.165) is 22.6 Å². The first-order valence-electron chi connectivity index (χ1n) is 8.34. The quantitative estimate of drug-likeness (QED) is 0.669. The number of benzene rings is 1. The fraction of sp³-hybridized carbons (Fsp3) is 0.316. The number of aromatic nitrogens is 2. The van der Waals surface area contributed by atoms with Crippen LogP contribution in [0.1, 0.15) is 26.6 Å². The number of aromatic carboxylic acids is 1. The fourth-order valence-electron chi connectivity index (χ4n) is 2.94. The lowest BCUT2D eigenvalue weighted by Gasteiger charge is -2.12. The normalized spacial score (nSPS) is 11.1. The van der Waals surface area contributed by atoms with Crippen molar-refractivity contribution in [3.63, 3.8) is 0 Å². The lowest BCUT2D eigenvalue weighted by Crippen LogP contribution is -2.27. The molecule has 0 bridgehead atoms. The number of rotatable bonds is 7. The molecule has 7 nitrogen and oxygen atoms in total. The van der Waals surface area contributed by atoms with E-state index in [9.17, 15) is 14.7 Å². The Morgan fingerprint density at radius 2 is 1.96 bits per heavy atom. The Morgan fingerprint density at radius 3 is 2.56 bits per heavy atom. The van der Waals surface area contributed by atoms with E-state index in [1.54, 1.807) is 25.7 Å². The van der Waals surface area contributed by atoms with Gasteiger partial charge in [0.2, 0.25) is 0 Å². The maximum absolute atomic E-state index is 13.1. The highest BCUT2D eigenvalue weighted by atomic mass is 32.1. The van der Waals surface area contributed by atoms with Gasteiger partial charge in [0.05, 0.1) is 25.6 Å². The van der Waals surface area contributed by atoms with Crippen LogP contribution in [0.15, 0.2) is 29.1 Å². The minimum absolute atomic E-state index is 0.148. The van der Waals surface area contributed by atoms with Crippen LogP contribution < -0.4 is 10.3 Å². The van der Waals surface area contributed by atoms with Gasteiger partial charge < -0.3 is 14.6 Å². The number of nitrogens with zero attached hydrogens (tertiary/aromatic N) is 2. The Kier molecular flexibility index (Phi) is 5.57. The van der Waals surface area contributed by atoms with Gasteiger partial charge >= 0.3 is 5.97 Å². The van der Waals surface area contributed by atoms with Crippen molar-refractivity contribution in [2.45, 2.75) is 19.9 Å². The Balaban J connectivity index is 2.13. The second-order valence-electron chi connectivity index (χ2n) is 6.04. The lowest BCUT2D eigenvalue weighted by atomic mass is 10.1. The number of hydrogen-bond donors (Lipinski definition) is 1. The molecule has 2 aromatic heterocycles. The summed E-state index contributed by atoms with van der Waals surface area (Å²) in [5, 5.41) is 9.73. The van der Waals surface area contributed by atoms with Crippen molar-refractivity contribution in [2.75, 3.05) is 20.8 Å². The molecule has 0 aliphatic heterocycles. The molecule has 0 aliphatic rings. The summed E-state index contributed by atoms with van der Waals surface area (Å²) < 4.78 is 11.9. The van der Waals surface area contributed by atoms with E-state index in [0.29, 0.717) is 41.2 Å². The van der Waals surface area contributed by atoms with Gasteiger partial charge in [0, 0.05) is 13.5 Å². The predicted molar refractivity (Wildman–Crippen MR) is 103 cm³/mol. The Labute approximate surface area is 159 Å². The molecule has 8 heteroatoms. The molecule has 142 valence electrons. The van der Waals surface area contributed by atoms with Gasteiger partial charge in [-0.25, -0.2) is 9.78 Å². The van der Waals surface area contributed by atoms with Crippen LogP contribution in [0.4, 0.5) is 0 Å². The highest BCUT2D eigenvalue weighted by Crippen LogP contribution is 2.27. The molecule has 0 radical (unpaired) electrons. The van der Waals surface area contributed by atoms with Gasteiger partial charge in [0.15, 0.2) is 0 Å². The summed E-state index contributed by atoms with van der Waals surface area (Å²) in [6.07, 6.45) is 0.443. The van der Waals surface area contributed by atoms with E-state index in [1.807, 2.05) is 24.3 Å². The second kappa shape index (κ2) is 7.89. The number of hydrogen-bond acceptors (Lipinski definition) is 6. The largest absolute Gasteiger partial charge is 0.497 e. The third-order valence-electron chi connectivity index (χ3n) is 4.36. The maximum Gasteiger partial charge on any atom is 0.346 e. The van der Waals surface area contributed by atoms with Crippen LogP contribution in [-0.4, -0.2) is 41.5 Å². The van der Waals surface area contributed by atoms with Crippen LogP contribution in [0.3, 0.4) is 0 Å². The molecule has 1 N–H and O–H groups in total. The molecule has 27 heavy (non-hydrogen) atoms. The summed E-state index contributed by atoms with van der Waals surface area (Å²) in [7, 11) is 3.17. The molecule has 0 saturated carbocycles. The number of carbonyl (C=O) groups is 1. The Hall–Kier alpha value is -2.71. The van der Waals surface area contributed by atoms with Gasteiger partial charge in [-0.2, -0.15) is 0 Å². The first-order valence-corrected chi connectivity index (χ1v) is 9.16. The molecule has 2 heterocycles. The third kappa shape index (κ3) is 3.72. The topological polar surface area (TPSA) is 90.7 Å². The molecule has 1 aromatic carbocycles. The van der Waals surface area contributed by atoms with Crippen molar-refractivity contribution in [3.05, 3.63) is 56.4 Å². The highest BCUT2D eigenvalue weighted by Gasteiger charge is 2.21. The van der Waals surface area contributed by atoms with E-state index in [4.69, 9.17) is 9.47 Å². The van der Waals surface area contributed by atoms with Gasteiger partial charge in [-0.15, -0.1) is 11.3 Å². The first-order chi connectivity index (χ1) is 13.0. The minimum atomic E-state index is -1.05. The van der Waals surface area contributed by atoms with E-state index in [-0.39, 0.29) is 10.4 Å². The second-order valence-corrected chi connectivity index (χ2v) is 7.04. The number of carboxylic acids is 1. The number of thiophene rings is 1. The smallest absolute Gasteiger partial charge is 0.346 e. The summed E-state index contributed by atoms with van der Waals surface area (Å²) in [5.41, 5.74) is 1.20. The summed E-state index contributed by atoms with van der Waals surface area (Å²) in [6, 6.07) is 7.53. The monoisotopic (exact) mass is 388 g/mol. The zero-order valence-corrected chi connectivity index (χ0v) is 16.1. The molecule has 0 aliphatic carbocycles.